The predicted molar refractivity (Wildman–Crippen MR) is 197 cm³/mol. The van der Waals surface area contributed by atoms with Gasteiger partial charge in [0.2, 0.25) is 5.43 Å². The first-order valence-corrected chi connectivity index (χ1v) is 17.7. The van der Waals surface area contributed by atoms with E-state index in [1.165, 1.54) is 24.0 Å². The molecule has 2 atom stereocenters. The first kappa shape index (κ1) is 36.7. The first-order chi connectivity index (χ1) is 25.2. The average molecular weight is 745 g/mol. The normalized spacial score (nSPS) is 18.8. The van der Waals surface area contributed by atoms with Gasteiger partial charge in [-0.15, -0.1) is 0 Å². The smallest absolute Gasteiger partial charge is 0.414 e. The maximum Gasteiger partial charge on any atom is 0.414 e. The van der Waals surface area contributed by atoms with E-state index in [4.69, 9.17) is 14.5 Å². The van der Waals surface area contributed by atoms with Crippen molar-refractivity contribution in [3.05, 3.63) is 69.4 Å². The number of halogens is 2. The predicted octanol–water partition coefficient (Wildman–Crippen LogP) is 6.41. The van der Waals surface area contributed by atoms with Crippen molar-refractivity contribution >= 4 is 40.6 Å². The standard InChI is InChI=1S/C39H42F2N6O7/c1-37(2,3)53-35(51)44-27-14-39(27)9-10-47(18-39)31-22(19-11-21-32(48)23(34(49)50)17-45(7)33(21)43-15-19)16-42-25-12-20-26(46(8)36(52)54-38(4,5)6)13-24(40)30(41)28(20)29(25)31/h11,13,15-17,27H,9-10,12,14,18H2,1-8H3,(H,44,51)(H,49,50)/t27-,39?/m0/s1. The number of anilines is 2. The van der Waals surface area contributed by atoms with E-state index in [1.54, 1.807) is 60.9 Å². The lowest BCUT2D eigenvalue weighted by Gasteiger charge is -2.27. The Balaban J connectivity index is 1.39. The largest absolute Gasteiger partial charge is 0.477 e. The van der Waals surface area contributed by atoms with Gasteiger partial charge in [-0.25, -0.2) is 28.1 Å². The first-order valence-electron chi connectivity index (χ1n) is 17.7. The Bertz CT molecular complexity index is 2350. The molecule has 284 valence electrons. The summed E-state index contributed by atoms with van der Waals surface area (Å²) in [6.07, 6.45) is 4.50. The van der Waals surface area contributed by atoms with Crippen molar-refractivity contribution in [1.29, 1.82) is 0 Å². The van der Waals surface area contributed by atoms with Gasteiger partial charge in [0.25, 0.3) is 0 Å². The number of hydrogen-bond donors (Lipinski definition) is 2. The highest BCUT2D eigenvalue weighted by atomic mass is 19.2. The van der Waals surface area contributed by atoms with Gasteiger partial charge in [-0.05, 0) is 66.0 Å². The lowest BCUT2D eigenvalue weighted by molar-refractivity contribution is 0.0514. The molecule has 7 rings (SSSR count). The van der Waals surface area contributed by atoms with Crippen LogP contribution in [0.3, 0.4) is 0 Å². The van der Waals surface area contributed by atoms with Crippen LogP contribution in [-0.4, -0.2) is 75.2 Å². The second-order valence-electron chi connectivity index (χ2n) is 16.4. The molecule has 4 heterocycles. The Morgan fingerprint density at radius 1 is 1.04 bits per heavy atom. The van der Waals surface area contributed by atoms with E-state index < -0.39 is 52.0 Å². The summed E-state index contributed by atoms with van der Waals surface area (Å²) in [6, 6.07) is 2.35. The number of amides is 2. The van der Waals surface area contributed by atoms with E-state index in [1.807, 2.05) is 0 Å². The number of fused-ring (bicyclic) bond motifs is 4. The van der Waals surface area contributed by atoms with Crippen molar-refractivity contribution in [2.45, 2.75) is 78.0 Å². The SMILES string of the molecule is CN(C(=O)OC(C)(C)C)c1cc(F)c(F)c2c1Cc1ncc(-c3cnc4c(c3)c(=O)c(C(=O)O)cn4C)c(N3CCC4(C[C@@H]4NC(=O)OC(C)(C)C)C3)c1-2. The third-order valence-electron chi connectivity index (χ3n) is 10.2. The highest BCUT2D eigenvalue weighted by molar-refractivity contribution is 6.00. The maximum absolute atomic E-state index is 16.3. The Hall–Kier alpha value is -5.60. The molecule has 13 nitrogen and oxygen atoms in total. The minimum Gasteiger partial charge on any atom is -0.477 e. The van der Waals surface area contributed by atoms with Crippen LogP contribution in [0.2, 0.25) is 0 Å². The van der Waals surface area contributed by atoms with Crippen LogP contribution < -0.4 is 20.5 Å². The van der Waals surface area contributed by atoms with Crippen LogP contribution in [0, 0.1) is 17.0 Å². The van der Waals surface area contributed by atoms with Crippen molar-refractivity contribution in [2.75, 3.05) is 29.9 Å². The minimum atomic E-state index is -1.38. The molecule has 3 aromatic heterocycles. The molecule has 15 heteroatoms. The van der Waals surface area contributed by atoms with Crippen LogP contribution in [-0.2, 0) is 22.9 Å². The summed E-state index contributed by atoms with van der Waals surface area (Å²) in [5.41, 5.74) is -0.131. The molecule has 3 aliphatic rings. The van der Waals surface area contributed by atoms with Gasteiger partial charge < -0.3 is 29.4 Å². The number of aromatic carboxylic acids is 1. The summed E-state index contributed by atoms with van der Waals surface area (Å²) in [5, 5.41) is 12.8. The lowest BCUT2D eigenvalue weighted by atomic mass is 9.96. The van der Waals surface area contributed by atoms with Gasteiger partial charge in [-0.3, -0.25) is 14.7 Å². The summed E-state index contributed by atoms with van der Waals surface area (Å²) in [4.78, 5) is 63.7. The van der Waals surface area contributed by atoms with Crippen LogP contribution in [0.15, 0.2) is 35.5 Å². The summed E-state index contributed by atoms with van der Waals surface area (Å²) >= 11 is 0. The van der Waals surface area contributed by atoms with E-state index in [0.29, 0.717) is 59.6 Å². The minimum absolute atomic E-state index is 0.0437. The van der Waals surface area contributed by atoms with E-state index >= 15 is 8.78 Å². The molecule has 1 spiro atoms. The van der Waals surface area contributed by atoms with Crippen molar-refractivity contribution < 1.29 is 37.7 Å². The van der Waals surface area contributed by atoms with Gasteiger partial charge >= 0.3 is 18.2 Å². The van der Waals surface area contributed by atoms with Crippen LogP contribution in [0.25, 0.3) is 33.3 Å². The van der Waals surface area contributed by atoms with E-state index in [-0.39, 0.29) is 40.2 Å². The second kappa shape index (κ2) is 12.5. The van der Waals surface area contributed by atoms with Gasteiger partial charge in [0.05, 0.1) is 22.5 Å². The van der Waals surface area contributed by atoms with Crippen molar-refractivity contribution in [3.63, 3.8) is 0 Å². The molecular weight excluding hydrogens is 702 g/mol. The number of pyridine rings is 3. The number of benzene rings is 1. The number of carboxylic acid groups (broad SMARTS) is 1. The third kappa shape index (κ3) is 6.38. The topological polar surface area (TPSA) is 156 Å². The fourth-order valence-electron chi connectivity index (χ4n) is 7.66. The Labute approximate surface area is 309 Å². The molecule has 1 aliphatic heterocycles. The number of nitrogens with one attached hydrogen (secondary N) is 1. The van der Waals surface area contributed by atoms with Crippen molar-refractivity contribution in [2.24, 2.45) is 12.5 Å². The molecule has 1 unspecified atom stereocenters. The Kier molecular flexibility index (Phi) is 8.50. The molecule has 1 saturated carbocycles. The van der Waals surface area contributed by atoms with Crippen LogP contribution in [0.4, 0.5) is 29.7 Å². The lowest BCUT2D eigenvalue weighted by Crippen LogP contribution is -2.36. The van der Waals surface area contributed by atoms with Crippen LogP contribution >= 0.6 is 0 Å². The van der Waals surface area contributed by atoms with Gasteiger partial charge in [0.1, 0.15) is 22.4 Å². The number of aromatic nitrogens is 3. The molecule has 2 N–H and O–H groups in total. The molecule has 0 radical (unpaired) electrons. The highest BCUT2D eigenvalue weighted by Crippen LogP contribution is 2.57. The van der Waals surface area contributed by atoms with Gasteiger partial charge in [-0.2, -0.15) is 0 Å². The number of aryl methyl sites for hydroxylation is 1. The van der Waals surface area contributed by atoms with E-state index in [2.05, 4.69) is 15.2 Å². The number of alkyl carbamates (subject to hydrolysis) is 1. The molecule has 1 saturated heterocycles. The summed E-state index contributed by atoms with van der Waals surface area (Å²) in [7, 11) is 3.02. The summed E-state index contributed by atoms with van der Waals surface area (Å²) in [5.74, 6) is -3.65. The number of hydrogen-bond acceptors (Lipinski definition) is 9. The second-order valence-corrected chi connectivity index (χ2v) is 16.4. The number of carboxylic acids is 1. The summed E-state index contributed by atoms with van der Waals surface area (Å²) < 4.78 is 44.5. The zero-order chi connectivity index (χ0) is 39.2. The Morgan fingerprint density at radius 2 is 1.74 bits per heavy atom. The number of ether oxygens (including phenoxy) is 2. The molecule has 4 aromatic rings. The zero-order valence-corrected chi connectivity index (χ0v) is 31.4. The van der Waals surface area contributed by atoms with Gasteiger partial charge in [0.15, 0.2) is 11.6 Å². The quantitative estimate of drug-likeness (QED) is 0.206. The number of nitrogens with zero attached hydrogens (tertiary/aromatic N) is 5. The van der Waals surface area contributed by atoms with Crippen molar-refractivity contribution in [1.82, 2.24) is 19.9 Å². The molecule has 0 bridgehead atoms. The molecule has 2 amide bonds. The molecule has 54 heavy (non-hydrogen) atoms. The number of carbonyl (C=O) groups excluding carboxylic acids is 2. The summed E-state index contributed by atoms with van der Waals surface area (Å²) in [6.45, 7) is 11.4. The average Bonchev–Trinajstić information content (AvgIpc) is 3.35. The molecule has 2 aliphatic carbocycles. The van der Waals surface area contributed by atoms with E-state index in [9.17, 15) is 24.3 Å². The monoisotopic (exact) mass is 744 g/mol. The van der Waals surface area contributed by atoms with Crippen LogP contribution in [0.1, 0.15) is 76.0 Å². The van der Waals surface area contributed by atoms with Crippen LogP contribution in [0.5, 0.6) is 0 Å². The molecule has 1 aromatic carbocycles. The fourth-order valence-corrected chi connectivity index (χ4v) is 7.66. The number of carbonyl (C=O) groups is 3. The van der Waals surface area contributed by atoms with Gasteiger partial charge in [-0.1, -0.05) is 0 Å². The fraction of sp³-hybridized carbons (Fsp3) is 0.436. The zero-order valence-electron chi connectivity index (χ0n) is 31.4. The number of rotatable bonds is 5. The molecule has 2 fully saturated rings. The van der Waals surface area contributed by atoms with Crippen molar-refractivity contribution in [3.8, 4) is 22.3 Å². The van der Waals surface area contributed by atoms with Gasteiger partial charge in [0, 0.05) is 92.0 Å². The van der Waals surface area contributed by atoms with E-state index in [0.717, 1.165) is 11.0 Å². The Morgan fingerprint density at radius 3 is 2.41 bits per heavy atom. The molecular formula is C39H42F2N6O7. The highest BCUT2D eigenvalue weighted by Gasteiger charge is 2.59. The maximum atomic E-state index is 16.3. The third-order valence-corrected chi connectivity index (χ3v) is 10.2.